The molecule has 3 N–H and O–H groups in total. The molecule has 0 aliphatic carbocycles. The number of nitrogens with one attached hydrogen (secondary N) is 1. The van der Waals surface area contributed by atoms with Gasteiger partial charge in [0.25, 0.3) is 5.91 Å². The molecule has 0 radical (unpaired) electrons. The Morgan fingerprint density at radius 3 is 2.47 bits per heavy atom. The highest BCUT2D eigenvalue weighted by Crippen LogP contribution is 2.14. The standard InChI is InChI=1S/C13H19N3O/c1-10-6-8-16(9-7-10)15-13(17)11-2-4-12(14)5-3-11/h2-5,10H,6-9,14H2,1H3,(H,15,17). The lowest BCUT2D eigenvalue weighted by atomic mass is 10.0. The largest absolute Gasteiger partial charge is 0.399 e. The molecule has 0 atom stereocenters. The minimum absolute atomic E-state index is 0.0560. The van der Waals surface area contributed by atoms with Gasteiger partial charge in [-0.15, -0.1) is 0 Å². The number of nitrogens with two attached hydrogens (primary N) is 1. The molecule has 2 rings (SSSR count). The smallest absolute Gasteiger partial charge is 0.265 e. The number of amides is 1. The second kappa shape index (κ2) is 5.19. The van der Waals surface area contributed by atoms with Crippen LogP contribution in [0.1, 0.15) is 30.1 Å². The molecule has 0 spiro atoms. The van der Waals surface area contributed by atoms with Gasteiger partial charge in [0.2, 0.25) is 0 Å². The number of nitrogens with zero attached hydrogens (tertiary/aromatic N) is 1. The number of nitrogen functional groups attached to an aromatic ring is 1. The summed E-state index contributed by atoms with van der Waals surface area (Å²) in [6.07, 6.45) is 2.28. The number of rotatable bonds is 2. The maximum Gasteiger partial charge on any atom is 0.265 e. The van der Waals surface area contributed by atoms with Crippen molar-refractivity contribution in [2.75, 3.05) is 18.8 Å². The molecule has 4 heteroatoms. The summed E-state index contributed by atoms with van der Waals surface area (Å²) < 4.78 is 0. The van der Waals surface area contributed by atoms with Crippen LogP contribution in [0.4, 0.5) is 5.69 Å². The van der Waals surface area contributed by atoms with Crippen LogP contribution >= 0.6 is 0 Å². The van der Waals surface area contributed by atoms with Crippen molar-refractivity contribution in [3.8, 4) is 0 Å². The summed E-state index contributed by atoms with van der Waals surface area (Å²) in [6, 6.07) is 6.98. The van der Waals surface area contributed by atoms with Crippen molar-refractivity contribution in [2.45, 2.75) is 19.8 Å². The summed E-state index contributed by atoms with van der Waals surface area (Å²) in [4.78, 5) is 11.9. The van der Waals surface area contributed by atoms with Crippen molar-refractivity contribution in [3.63, 3.8) is 0 Å². The molecule has 1 heterocycles. The van der Waals surface area contributed by atoms with Gasteiger partial charge >= 0.3 is 0 Å². The van der Waals surface area contributed by atoms with Crippen LogP contribution in [-0.2, 0) is 0 Å². The van der Waals surface area contributed by atoms with Gasteiger partial charge in [-0.25, -0.2) is 5.01 Å². The summed E-state index contributed by atoms with van der Waals surface area (Å²) >= 11 is 0. The van der Waals surface area contributed by atoms with Crippen LogP contribution in [0, 0.1) is 5.92 Å². The first-order valence-corrected chi connectivity index (χ1v) is 6.06. The molecule has 1 aliphatic heterocycles. The van der Waals surface area contributed by atoms with Gasteiger partial charge in [0.15, 0.2) is 0 Å². The van der Waals surface area contributed by atoms with Gasteiger partial charge in [0.05, 0.1) is 0 Å². The van der Waals surface area contributed by atoms with Crippen molar-refractivity contribution in [2.24, 2.45) is 5.92 Å². The van der Waals surface area contributed by atoms with Crippen LogP contribution in [0.15, 0.2) is 24.3 Å². The van der Waals surface area contributed by atoms with E-state index >= 15 is 0 Å². The Labute approximate surface area is 102 Å². The van der Waals surface area contributed by atoms with Crippen molar-refractivity contribution >= 4 is 11.6 Å². The average molecular weight is 233 g/mol. The third-order valence-electron chi connectivity index (χ3n) is 3.22. The zero-order chi connectivity index (χ0) is 12.3. The Hall–Kier alpha value is -1.55. The van der Waals surface area contributed by atoms with E-state index in [0.29, 0.717) is 11.3 Å². The van der Waals surface area contributed by atoms with Gasteiger partial charge in [-0.3, -0.25) is 10.2 Å². The summed E-state index contributed by atoms with van der Waals surface area (Å²) in [7, 11) is 0. The highest BCUT2D eigenvalue weighted by atomic mass is 16.2. The molecule has 1 aliphatic rings. The second-order valence-corrected chi connectivity index (χ2v) is 4.73. The van der Waals surface area contributed by atoms with Crippen LogP contribution < -0.4 is 11.2 Å². The monoisotopic (exact) mass is 233 g/mol. The van der Waals surface area contributed by atoms with Gasteiger partial charge in [-0.1, -0.05) is 6.92 Å². The maximum atomic E-state index is 11.9. The topological polar surface area (TPSA) is 58.4 Å². The molecular formula is C13H19N3O. The van der Waals surface area contributed by atoms with Crippen molar-refractivity contribution in [1.82, 2.24) is 10.4 Å². The molecule has 4 nitrogen and oxygen atoms in total. The Bertz CT molecular complexity index is 380. The van der Waals surface area contributed by atoms with E-state index in [-0.39, 0.29) is 5.91 Å². The fourth-order valence-corrected chi connectivity index (χ4v) is 1.96. The van der Waals surface area contributed by atoms with Crippen molar-refractivity contribution in [1.29, 1.82) is 0 Å². The number of carbonyl (C=O) groups excluding carboxylic acids is 1. The van der Waals surface area contributed by atoms with Gasteiger partial charge in [0.1, 0.15) is 0 Å². The van der Waals surface area contributed by atoms with E-state index < -0.39 is 0 Å². The van der Waals surface area contributed by atoms with Crippen LogP contribution in [0.2, 0.25) is 0 Å². The molecule has 1 saturated heterocycles. The fraction of sp³-hybridized carbons (Fsp3) is 0.462. The van der Waals surface area contributed by atoms with E-state index in [1.807, 2.05) is 5.01 Å². The number of anilines is 1. The average Bonchev–Trinajstić information content (AvgIpc) is 2.33. The lowest BCUT2D eigenvalue weighted by Crippen LogP contribution is -2.46. The van der Waals surface area contributed by atoms with Gasteiger partial charge in [-0.2, -0.15) is 0 Å². The van der Waals surface area contributed by atoms with Gasteiger partial charge < -0.3 is 5.73 Å². The predicted molar refractivity (Wildman–Crippen MR) is 68.3 cm³/mol. The Morgan fingerprint density at radius 1 is 1.29 bits per heavy atom. The molecule has 0 aromatic heterocycles. The number of hydrogen-bond acceptors (Lipinski definition) is 3. The Kier molecular flexibility index (Phi) is 3.64. The zero-order valence-electron chi connectivity index (χ0n) is 10.1. The van der Waals surface area contributed by atoms with E-state index in [0.717, 1.165) is 31.8 Å². The summed E-state index contributed by atoms with van der Waals surface area (Å²) in [5, 5.41) is 2.00. The minimum Gasteiger partial charge on any atom is -0.399 e. The van der Waals surface area contributed by atoms with E-state index in [2.05, 4.69) is 12.3 Å². The first-order valence-electron chi connectivity index (χ1n) is 6.06. The lowest BCUT2D eigenvalue weighted by Gasteiger charge is -2.30. The molecule has 1 aromatic rings. The maximum absolute atomic E-state index is 11.9. The van der Waals surface area contributed by atoms with Crippen LogP contribution in [0.3, 0.4) is 0 Å². The predicted octanol–water partition coefficient (Wildman–Crippen LogP) is 1.65. The number of hydrazine groups is 1. The third-order valence-corrected chi connectivity index (χ3v) is 3.22. The fourth-order valence-electron chi connectivity index (χ4n) is 1.96. The van der Waals surface area contributed by atoms with E-state index in [1.165, 1.54) is 0 Å². The molecule has 0 saturated carbocycles. The molecule has 0 bridgehead atoms. The summed E-state index contributed by atoms with van der Waals surface area (Å²) in [5.41, 5.74) is 9.84. The van der Waals surface area contributed by atoms with Crippen molar-refractivity contribution in [3.05, 3.63) is 29.8 Å². The second-order valence-electron chi connectivity index (χ2n) is 4.73. The Morgan fingerprint density at radius 2 is 1.88 bits per heavy atom. The first kappa shape index (κ1) is 11.9. The van der Waals surface area contributed by atoms with Crippen molar-refractivity contribution < 1.29 is 4.79 Å². The van der Waals surface area contributed by atoms with Crippen LogP contribution in [0.25, 0.3) is 0 Å². The van der Waals surface area contributed by atoms with Crippen LogP contribution in [0.5, 0.6) is 0 Å². The third kappa shape index (κ3) is 3.20. The van der Waals surface area contributed by atoms with E-state index in [1.54, 1.807) is 24.3 Å². The molecule has 1 amide bonds. The molecule has 17 heavy (non-hydrogen) atoms. The van der Waals surface area contributed by atoms with E-state index in [9.17, 15) is 4.79 Å². The first-order chi connectivity index (χ1) is 8.15. The SMILES string of the molecule is CC1CCN(NC(=O)c2ccc(N)cc2)CC1. The minimum atomic E-state index is -0.0560. The van der Waals surface area contributed by atoms with E-state index in [4.69, 9.17) is 5.73 Å². The normalized spacial score (nSPS) is 17.9. The molecule has 92 valence electrons. The highest BCUT2D eigenvalue weighted by molar-refractivity contribution is 5.94. The lowest BCUT2D eigenvalue weighted by molar-refractivity contribution is 0.0712. The molecule has 1 aromatic carbocycles. The van der Waals surface area contributed by atoms with Crippen LogP contribution in [-0.4, -0.2) is 24.0 Å². The highest BCUT2D eigenvalue weighted by Gasteiger charge is 2.17. The zero-order valence-corrected chi connectivity index (χ0v) is 10.1. The molecule has 0 unspecified atom stereocenters. The number of benzene rings is 1. The quantitative estimate of drug-likeness (QED) is 0.764. The number of hydrogen-bond donors (Lipinski definition) is 2. The molecule has 1 fully saturated rings. The summed E-state index contributed by atoms with van der Waals surface area (Å²) in [6.45, 7) is 4.11. The van der Waals surface area contributed by atoms with Gasteiger partial charge in [0, 0.05) is 24.3 Å². The number of carbonyl (C=O) groups is 1. The van der Waals surface area contributed by atoms with Gasteiger partial charge in [-0.05, 0) is 43.0 Å². The Balaban J connectivity index is 1.91. The number of piperidine rings is 1. The molecular weight excluding hydrogens is 214 g/mol. The summed E-state index contributed by atoms with van der Waals surface area (Å²) in [5.74, 6) is 0.708.